The number of aliphatic imine (C=N–C) groups is 1. The summed E-state index contributed by atoms with van der Waals surface area (Å²) in [5.41, 5.74) is 10.1. The maximum absolute atomic E-state index is 14.8. The molecule has 0 radical (unpaired) electrons. The van der Waals surface area contributed by atoms with Crippen molar-refractivity contribution in [3.8, 4) is 11.1 Å². The number of hydrogen-bond donors (Lipinski definition) is 2. The van der Waals surface area contributed by atoms with Crippen LogP contribution in [0.4, 0.5) is 4.39 Å². The van der Waals surface area contributed by atoms with E-state index < -0.39 is 0 Å². The first-order chi connectivity index (χ1) is 16.4. The molecule has 34 heavy (non-hydrogen) atoms. The number of aryl methyl sites for hydroxylation is 1. The lowest BCUT2D eigenvalue weighted by molar-refractivity contribution is 0.0976. The van der Waals surface area contributed by atoms with Gasteiger partial charge in [-0.05, 0) is 36.2 Å². The van der Waals surface area contributed by atoms with Gasteiger partial charge in [0, 0.05) is 23.1 Å². The number of nitrogens with two attached hydrogens (primary N) is 1. The molecular weight excluding hydrogens is 431 g/mol. The Bertz CT molecular complexity index is 1310. The number of hydrogen-bond acceptors (Lipinski definition) is 4. The van der Waals surface area contributed by atoms with E-state index in [1.807, 2.05) is 62.4 Å². The second kappa shape index (κ2) is 10.1. The summed E-state index contributed by atoms with van der Waals surface area (Å²) in [5.74, 6) is -0.266. The second-order valence-electron chi connectivity index (χ2n) is 8.07. The molecule has 4 aromatic rings. The highest BCUT2D eigenvalue weighted by Crippen LogP contribution is 2.29. The summed E-state index contributed by atoms with van der Waals surface area (Å²) in [6.07, 6.45) is 0. The summed E-state index contributed by atoms with van der Waals surface area (Å²) in [7, 11) is 0. The van der Waals surface area contributed by atoms with Crippen LogP contribution in [0.3, 0.4) is 0 Å². The fourth-order valence-corrected chi connectivity index (χ4v) is 3.52. The van der Waals surface area contributed by atoms with Crippen LogP contribution in [-0.2, 0) is 6.54 Å². The Labute approximate surface area is 197 Å². The van der Waals surface area contributed by atoms with Gasteiger partial charge in [0.05, 0.1) is 6.54 Å². The Morgan fingerprint density at radius 1 is 1.09 bits per heavy atom. The van der Waals surface area contributed by atoms with Crippen LogP contribution in [0.5, 0.6) is 0 Å². The first-order valence-corrected chi connectivity index (χ1v) is 10.9. The molecule has 4 rings (SSSR count). The number of nitrogens with one attached hydrogen (secondary N) is 1. The lowest BCUT2D eigenvalue weighted by atomic mass is 9.95. The van der Waals surface area contributed by atoms with E-state index in [1.54, 1.807) is 24.3 Å². The van der Waals surface area contributed by atoms with Gasteiger partial charge < -0.3 is 10.3 Å². The van der Waals surface area contributed by atoms with Crippen molar-refractivity contribution in [2.24, 2.45) is 10.7 Å². The second-order valence-corrected chi connectivity index (χ2v) is 8.07. The zero-order valence-corrected chi connectivity index (χ0v) is 19.0. The lowest BCUT2D eigenvalue weighted by Crippen LogP contribution is -2.36. The average Bonchev–Trinajstić information content (AvgIpc) is 3.32. The fourth-order valence-electron chi connectivity index (χ4n) is 3.52. The van der Waals surface area contributed by atoms with E-state index in [4.69, 9.17) is 10.3 Å². The minimum absolute atomic E-state index is 0.0123. The predicted molar refractivity (Wildman–Crippen MR) is 130 cm³/mol. The van der Waals surface area contributed by atoms with Crippen LogP contribution >= 0.6 is 0 Å². The van der Waals surface area contributed by atoms with Crippen molar-refractivity contribution in [1.82, 2.24) is 10.5 Å². The average molecular weight is 457 g/mol. The van der Waals surface area contributed by atoms with Gasteiger partial charge in [-0.25, -0.2) is 9.38 Å². The van der Waals surface area contributed by atoms with Crippen LogP contribution in [-0.4, -0.2) is 17.0 Å². The summed E-state index contributed by atoms with van der Waals surface area (Å²) in [4.78, 5) is 16.4. The Kier molecular flexibility index (Phi) is 6.82. The SMILES string of the molecule is Cc1ccc(C(=O)NC(N)=NCc2cc(C(C)c3ccc(-c4ccccc4)c(F)c3)on2)cc1. The molecule has 0 aliphatic heterocycles. The van der Waals surface area contributed by atoms with Crippen LogP contribution in [0.25, 0.3) is 11.1 Å². The number of nitrogens with zero attached hydrogens (tertiary/aromatic N) is 2. The summed E-state index contributed by atoms with van der Waals surface area (Å²) >= 11 is 0. The van der Waals surface area contributed by atoms with Crippen LogP contribution in [0.15, 0.2) is 88.4 Å². The topological polar surface area (TPSA) is 93.5 Å². The minimum Gasteiger partial charge on any atom is -0.370 e. The summed E-state index contributed by atoms with van der Waals surface area (Å²) in [6, 6.07) is 23.5. The van der Waals surface area contributed by atoms with Gasteiger partial charge in [-0.15, -0.1) is 0 Å². The van der Waals surface area contributed by atoms with Crippen LogP contribution in [0, 0.1) is 12.7 Å². The van der Waals surface area contributed by atoms with Gasteiger partial charge in [-0.1, -0.05) is 72.2 Å². The molecule has 172 valence electrons. The molecule has 3 aromatic carbocycles. The van der Waals surface area contributed by atoms with Crippen molar-refractivity contribution in [3.63, 3.8) is 0 Å². The Morgan fingerprint density at radius 2 is 1.82 bits per heavy atom. The molecule has 7 heteroatoms. The number of aromatic nitrogens is 1. The molecule has 6 nitrogen and oxygen atoms in total. The first kappa shape index (κ1) is 22.9. The molecule has 3 N–H and O–H groups in total. The Balaban J connectivity index is 1.40. The van der Waals surface area contributed by atoms with Gasteiger partial charge in [-0.3, -0.25) is 10.1 Å². The summed E-state index contributed by atoms with van der Waals surface area (Å²) in [5, 5.41) is 6.58. The minimum atomic E-state index is -0.336. The van der Waals surface area contributed by atoms with E-state index in [0.717, 1.165) is 16.7 Å². The van der Waals surface area contributed by atoms with E-state index in [0.29, 0.717) is 22.6 Å². The summed E-state index contributed by atoms with van der Waals surface area (Å²) in [6.45, 7) is 4.00. The smallest absolute Gasteiger partial charge is 0.257 e. The van der Waals surface area contributed by atoms with Gasteiger partial charge in [0.25, 0.3) is 5.91 Å². The number of carbonyl (C=O) groups is 1. The molecule has 0 spiro atoms. The number of rotatable bonds is 6. The molecule has 0 fully saturated rings. The molecule has 1 unspecified atom stereocenters. The molecule has 0 bridgehead atoms. The van der Waals surface area contributed by atoms with Crippen molar-refractivity contribution >= 4 is 11.9 Å². The van der Waals surface area contributed by atoms with Crippen LogP contribution in [0.2, 0.25) is 0 Å². The van der Waals surface area contributed by atoms with Crippen LogP contribution in [0.1, 0.15) is 45.8 Å². The number of benzene rings is 3. The van der Waals surface area contributed by atoms with Gasteiger partial charge in [-0.2, -0.15) is 0 Å². The Hall–Kier alpha value is -4.26. The number of guanidine groups is 1. The molecule has 0 saturated heterocycles. The third-order valence-corrected chi connectivity index (χ3v) is 5.55. The highest BCUT2D eigenvalue weighted by atomic mass is 19.1. The van der Waals surface area contributed by atoms with Crippen molar-refractivity contribution in [2.45, 2.75) is 26.3 Å². The number of halogens is 1. The van der Waals surface area contributed by atoms with Gasteiger partial charge in [0.15, 0.2) is 5.96 Å². The lowest BCUT2D eigenvalue weighted by Gasteiger charge is -2.10. The third kappa shape index (κ3) is 5.38. The quantitative estimate of drug-likeness (QED) is 0.309. The highest BCUT2D eigenvalue weighted by molar-refractivity contribution is 6.05. The first-order valence-electron chi connectivity index (χ1n) is 10.9. The molecular formula is C27H25FN4O2. The molecule has 1 heterocycles. The van der Waals surface area contributed by atoms with Gasteiger partial charge in [0.1, 0.15) is 17.3 Å². The maximum Gasteiger partial charge on any atom is 0.257 e. The van der Waals surface area contributed by atoms with E-state index >= 15 is 0 Å². The number of carbonyl (C=O) groups excluding carboxylic acids is 1. The molecule has 1 aromatic heterocycles. The van der Waals surface area contributed by atoms with Crippen molar-refractivity contribution in [3.05, 3.63) is 113 Å². The van der Waals surface area contributed by atoms with Gasteiger partial charge in [0.2, 0.25) is 0 Å². The van der Waals surface area contributed by atoms with E-state index in [2.05, 4.69) is 15.5 Å². The molecule has 0 aliphatic rings. The molecule has 0 saturated carbocycles. The van der Waals surface area contributed by atoms with E-state index in [9.17, 15) is 9.18 Å². The van der Waals surface area contributed by atoms with Crippen molar-refractivity contribution < 1.29 is 13.7 Å². The van der Waals surface area contributed by atoms with Crippen LogP contribution < -0.4 is 11.1 Å². The van der Waals surface area contributed by atoms with Gasteiger partial charge >= 0.3 is 0 Å². The molecule has 1 amide bonds. The number of amides is 1. The largest absolute Gasteiger partial charge is 0.370 e. The van der Waals surface area contributed by atoms with Crippen molar-refractivity contribution in [1.29, 1.82) is 0 Å². The fraction of sp³-hybridized carbons (Fsp3) is 0.148. The molecule has 1 atom stereocenters. The van der Waals surface area contributed by atoms with E-state index in [1.165, 1.54) is 6.07 Å². The highest BCUT2D eigenvalue weighted by Gasteiger charge is 2.17. The van der Waals surface area contributed by atoms with E-state index in [-0.39, 0.29) is 30.1 Å². The zero-order valence-electron chi connectivity index (χ0n) is 19.0. The standard InChI is InChI=1S/C27H25FN4O2/c1-17-8-10-20(11-9-17)26(33)31-27(29)30-16-22-15-25(34-32-22)18(2)21-12-13-23(24(28)14-21)19-6-4-3-5-7-19/h3-15,18H,16H2,1-2H3,(H3,29,30,31,33). The summed E-state index contributed by atoms with van der Waals surface area (Å²) < 4.78 is 20.2. The predicted octanol–water partition coefficient (Wildman–Crippen LogP) is 5.19. The normalized spacial score (nSPS) is 12.4. The molecule has 0 aliphatic carbocycles. The maximum atomic E-state index is 14.8. The monoisotopic (exact) mass is 456 g/mol. The third-order valence-electron chi connectivity index (χ3n) is 5.55. The zero-order chi connectivity index (χ0) is 24.1. The van der Waals surface area contributed by atoms with Crippen molar-refractivity contribution in [2.75, 3.05) is 0 Å². The Morgan fingerprint density at radius 3 is 2.53 bits per heavy atom.